The standard InChI is InChI=1S/C14H21NOS2/c1-2-10-3-5-11(6-4-10)8-15-14(16)13-7-12(17)9-18-13/h7,9-11,17H,2-6,8H2,1H3,(H,15,16). The zero-order valence-electron chi connectivity index (χ0n) is 10.8. The maximum absolute atomic E-state index is 11.9. The van der Waals surface area contributed by atoms with Crippen molar-refractivity contribution in [2.75, 3.05) is 6.54 Å². The van der Waals surface area contributed by atoms with Gasteiger partial charge in [0.1, 0.15) is 0 Å². The fraction of sp³-hybridized carbons (Fsp3) is 0.643. The quantitative estimate of drug-likeness (QED) is 0.804. The fourth-order valence-electron chi connectivity index (χ4n) is 2.61. The normalized spacial score (nSPS) is 23.9. The van der Waals surface area contributed by atoms with Gasteiger partial charge in [-0.05, 0) is 30.7 Å². The molecule has 1 fully saturated rings. The highest BCUT2D eigenvalue weighted by molar-refractivity contribution is 7.80. The molecule has 0 atom stereocenters. The van der Waals surface area contributed by atoms with Crippen molar-refractivity contribution >= 4 is 29.9 Å². The van der Waals surface area contributed by atoms with E-state index in [4.69, 9.17) is 0 Å². The molecule has 4 heteroatoms. The molecule has 100 valence electrons. The van der Waals surface area contributed by atoms with Gasteiger partial charge in [-0.25, -0.2) is 0 Å². The van der Waals surface area contributed by atoms with Gasteiger partial charge in [0.15, 0.2) is 0 Å². The molecule has 0 aromatic carbocycles. The van der Waals surface area contributed by atoms with Crippen LogP contribution < -0.4 is 5.32 Å². The molecule has 1 N–H and O–H groups in total. The van der Waals surface area contributed by atoms with Crippen LogP contribution in [-0.4, -0.2) is 12.5 Å². The molecule has 1 aromatic heterocycles. The van der Waals surface area contributed by atoms with E-state index in [0.717, 1.165) is 22.2 Å². The number of carbonyl (C=O) groups excluding carboxylic acids is 1. The van der Waals surface area contributed by atoms with Crippen molar-refractivity contribution in [3.63, 3.8) is 0 Å². The Labute approximate surface area is 119 Å². The van der Waals surface area contributed by atoms with Crippen LogP contribution in [0.2, 0.25) is 0 Å². The van der Waals surface area contributed by atoms with Gasteiger partial charge < -0.3 is 5.32 Å². The minimum absolute atomic E-state index is 0.0536. The number of hydrogen-bond donors (Lipinski definition) is 2. The highest BCUT2D eigenvalue weighted by atomic mass is 32.1. The molecule has 0 saturated heterocycles. The topological polar surface area (TPSA) is 29.1 Å². The minimum atomic E-state index is 0.0536. The Morgan fingerprint density at radius 1 is 1.39 bits per heavy atom. The van der Waals surface area contributed by atoms with Gasteiger partial charge in [0.05, 0.1) is 4.88 Å². The van der Waals surface area contributed by atoms with Crippen LogP contribution >= 0.6 is 24.0 Å². The van der Waals surface area contributed by atoms with Gasteiger partial charge in [-0.3, -0.25) is 4.79 Å². The Bertz CT molecular complexity index is 394. The predicted octanol–water partition coefficient (Wildman–Crippen LogP) is 3.98. The molecule has 2 rings (SSSR count). The van der Waals surface area contributed by atoms with E-state index in [2.05, 4.69) is 24.9 Å². The van der Waals surface area contributed by atoms with E-state index in [1.807, 2.05) is 11.4 Å². The summed E-state index contributed by atoms with van der Waals surface area (Å²) in [5.74, 6) is 1.64. The summed E-state index contributed by atoms with van der Waals surface area (Å²) in [5, 5.41) is 4.95. The van der Waals surface area contributed by atoms with Crippen LogP contribution in [-0.2, 0) is 0 Å². The molecule has 1 saturated carbocycles. The van der Waals surface area contributed by atoms with Gasteiger partial charge in [0.25, 0.3) is 5.91 Å². The minimum Gasteiger partial charge on any atom is -0.351 e. The number of thiol groups is 1. The lowest BCUT2D eigenvalue weighted by Crippen LogP contribution is -2.30. The van der Waals surface area contributed by atoms with E-state index >= 15 is 0 Å². The third-order valence-corrected chi connectivity index (χ3v) is 5.27. The highest BCUT2D eigenvalue weighted by Gasteiger charge is 2.20. The molecule has 0 spiro atoms. The average Bonchev–Trinajstić information content (AvgIpc) is 2.83. The van der Waals surface area contributed by atoms with Crippen molar-refractivity contribution < 1.29 is 4.79 Å². The number of amides is 1. The van der Waals surface area contributed by atoms with Gasteiger partial charge in [0.2, 0.25) is 0 Å². The Morgan fingerprint density at radius 2 is 2.06 bits per heavy atom. The lowest BCUT2D eigenvalue weighted by atomic mass is 9.81. The first-order chi connectivity index (χ1) is 8.69. The van der Waals surface area contributed by atoms with E-state index in [0.29, 0.717) is 5.92 Å². The molecule has 0 unspecified atom stereocenters. The molecular formula is C14H21NOS2. The first-order valence-electron chi connectivity index (χ1n) is 6.74. The maximum atomic E-state index is 11.9. The van der Waals surface area contributed by atoms with Crippen molar-refractivity contribution in [2.24, 2.45) is 11.8 Å². The lowest BCUT2D eigenvalue weighted by Gasteiger charge is -2.27. The monoisotopic (exact) mass is 283 g/mol. The zero-order valence-corrected chi connectivity index (χ0v) is 12.5. The Morgan fingerprint density at radius 3 is 2.61 bits per heavy atom. The van der Waals surface area contributed by atoms with Gasteiger partial charge in [-0.15, -0.1) is 24.0 Å². The SMILES string of the molecule is CCC1CCC(CNC(=O)c2cc(S)cs2)CC1. The summed E-state index contributed by atoms with van der Waals surface area (Å²) in [7, 11) is 0. The molecule has 0 aliphatic heterocycles. The Hall–Kier alpha value is -0.480. The lowest BCUT2D eigenvalue weighted by molar-refractivity contribution is 0.0945. The van der Waals surface area contributed by atoms with Crippen molar-refractivity contribution in [2.45, 2.75) is 43.9 Å². The summed E-state index contributed by atoms with van der Waals surface area (Å²) in [6.45, 7) is 3.10. The number of nitrogens with one attached hydrogen (secondary N) is 1. The smallest absolute Gasteiger partial charge is 0.261 e. The molecule has 0 radical (unpaired) electrons. The van der Waals surface area contributed by atoms with Crippen molar-refractivity contribution in [1.82, 2.24) is 5.32 Å². The maximum Gasteiger partial charge on any atom is 0.261 e. The van der Waals surface area contributed by atoms with Crippen LogP contribution in [0.1, 0.15) is 48.7 Å². The number of rotatable bonds is 4. The Balaban J connectivity index is 1.74. The summed E-state index contributed by atoms with van der Waals surface area (Å²) in [4.78, 5) is 13.5. The Kier molecular flexibility index (Phi) is 5.13. The van der Waals surface area contributed by atoms with Gasteiger partial charge in [-0.1, -0.05) is 26.2 Å². The molecule has 1 aliphatic carbocycles. The van der Waals surface area contributed by atoms with Crippen molar-refractivity contribution in [1.29, 1.82) is 0 Å². The zero-order chi connectivity index (χ0) is 13.0. The highest BCUT2D eigenvalue weighted by Crippen LogP contribution is 2.30. The van der Waals surface area contributed by atoms with Crippen molar-refractivity contribution in [3.8, 4) is 0 Å². The van der Waals surface area contributed by atoms with E-state index in [1.165, 1.54) is 43.4 Å². The van der Waals surface area contributed by atoms with E-state index < -0.39 is 0 Å². The first-order valence-corrected chi connectivity index (χ1v) is 8.07. The summed E-state index contributed by atoms with van der Waals surface area (Å²) >= 11 is 5.68. The summed E-state index contributed by atoms with van der Waals surface area (Å²) in [6.07, 6.45) is 6.49. The van der Waals surface area contributed by atoms with Gasteiger partial charge in [0, 0.05) is 16.8 Å². The molecule has 2 nitrogen and oxygen atoms in total. The first kappa shape index (κ1) is 13.9. The number of hydrogen-bond acceptors (Lipinski definition) is 3. The third-order valence-electron chi connectivity index (χ3n) is 3.90. The summed E-state index contributed by atoms with van der Waals surface area (Å²) in [5.41, 5.74) is 0. The van der Waals surface area contributed by atoms with Crippen LogP contribution in [0.3, 0.4) is 0 Å². The second-order valence-electron chi connectivity index (χ2n) is 5.17. The van der Waals surface area contributed by atoms with E-state index in [1.54, 1.807) is 0 Å². The van der Waals surface area contributed by atoms with E-state index in [-0.39, 0.29) is 5.91 Å². The van der Waals surface area contributed by atoms with Gasteiger partial charge >= 0.3 is 0 Å². The molecular weight excluding hydrogens is 262 g/mol. The van der Waals surface area contributed by atoms with E-state index in [9.17, 15) is 4.79 Å². The largest absolute Gasteiger partial charge is 0.351 e. The molecule has 0 bridgehead atoms. The van der Waals surface area contributed by atoms with Crippen LogP contribution in [0.25, 0.3) is 0 Å². The van der Waals surface area contributed by atoms with Crippen LogP contribution in [0.5, 0.6) is 0 Å². The van der Waals surface area contributed by atoms with Gasteiger partial charge in [-0.2, -0.15) is 0 Å². The molecule has 1 heterocycles. The average molecular weight is 283 g/mol. The van der Waals surface area contributed by atoms with Crippen molar-refractivity contribution in [3.05, 3.63) is 16.3 Å². The fourth-order valence-corrected chi connectivity index (χ4v) is 3.68. The third kappa shape index (κ3) is 3.75. The van der Waals surface area contributed by atoms with Crippen LogP contribution in [0, 0.1) is 11.8 Å². The second kappa shape index (κ2) is 6.62. The number of carbonyl (C=O) groups is 1. The summed E-state index contributed by atoms with van der Waals surface area (Å²) < 4.78 is 0. The molecule has 1 amide bonds. The molecule has 1 aromatic rings. The van der Waals surface area contributed by atoms with Crippen LogP contribution in [0.15, 0.2) is 16.3 Å². The number of thiophene rings is 1. The molecule has 18 heavy (non-hydrogen) atoms. The van der Waals surface area contributed by atoms with Crippen LogP contribution in [0.4, 0.5) is 0 Å². The second-order valence-corrected chi connectivity index (χ2v) is 6.60. The molecule has 1 aliphatic rings. The predicted molar refractivity (Wildman–Crippen MR) is 79.6 cm³/mol. The summed E-state index contributed by atoms with van der Waals surface area (Å²) in [6, 6.07) is 1.83.